The molecule has 1 N–H and O–H groups in total. The molecule has 0 aliphatic heterocycles. The minimum atomic E-state index is -0.631. The quantitative estimate of drug-likeness (QED) is 0.730. The van der Waals surface area contributed by atoms with E-state index < -0.39 is 5.60 Å². The zero-order valence-corrected chi connectivity index (χ0v) is 13.5. The molecule has 0 aromatic rings. The predicted octanol–water partition coefficient (Wildman–Crippen LogP) is 2.45. The molecular weight excluding hydrogens is 254 g/mol. The Morgan fingerprint density at radius 3 is 2.40 bits per heavy atom. The summed E-state index contributed by atoms with van der Waals surface area (Å²) in [5.74, 6) is 0.494. The van der Waals surface area contributed by atoms with Gasteiger partial charge in [0.05, 0.1) is 18.1 Å². The Morgan fingerprint density at radius 2 is 1.95 bits per heavy atom. The molecule has 0 saturated heterocycles. The summed E-state index contributed by atoms with van der Waals surface area (Å²) in [5.41, 5.74) is -0.631. The molecule has 0 aromatic carbocycles. The molecule has 1 saturated carbocycles. The van der Waals surface area contributed by atoms with Gasteiger partial charge in [0.25, 0.3) is 0 Å². The number of rotatable bonds is 7. The van der Waals surface area contributed by atoms with Gasteiger partial charge in [-0.15, -0.1) is 0 Å². The number of esters is 1. The van der Waals surface area contributed by atoms with Gasteiger partial charge in [-0.3, -0.25) is 4.79 Å². The summed E-state index contributed by atoms with van der Waals surface area (Å²) in [6, 6.07) is 0. The van der Waals surface area contributed by atoms with Crippen molar-refractivity contribution in [3.63, 3.8) is 0 Å². The average molecular weight is 285 g/mol. The fourth-order valence-corrected chi connectivity index (χ4v) is 3.05. The highest BCUT2D eigenvalue weighted by Crippen LogP contribution is 2.33. The Balaban J connectivity index is 2.46. The predicted molar refractivity (Wildman–Crippen MR) is 80.5 cm³/mol. The fraction of sp³-hybridized carbons (Fsp3) is 0.938. The van der Waals surface area contributed by atoms with Crippen molar-refractivity contribution >= 4 is 5.97 Å². The third-order valence-corrected chi connectivity index (χ3v) is 4.12. The monoisotopic (exact) mass is 285 g/mol. The first-order chi connectivity index (χ1) is 9.40. The summed E-state index contributed by atoms with van der Waals surface area (Å²) in [6.07, 6.45) is 2.89. The molecule has 4 heteroatoms. The van der Waals surface area contributed by atoms with Gasteiger partial charge in [0.2, 0.25) is 0 Å². The van der Waals surface area contributed by atoms with E-state index in [4.69, 9.17) is 4.74 Å². The summed E-state index contributed by atoms with van der Waals surface area (Å²) in [6.45, 7) is 11.5. The van der Waals surface area contributed by atoms with E-state index in [-0.39, 0.29) is 11.9 Å². The minimum absolute atomic E-state index is 0.0181. The molecule has 1 fully saturated rings. The number of carbonyl (C=O) groups is 1. The Kier molecular flexibility index (Phi) is 6.96. The lowest BCUT2D eigenvalue weighted by atomic mass is 9.78. The molecule has 0 atom stereocenters. The first kappa shape index (κ1) is 17.4. The summed E-state index contributed by atoms with van der Waals surface area (Å²) in [5, 5.41) is 10.7. The van der Waals surface area contributed by atoms with Crippen LogP contribution in [0.5, 0.6) is 0 Å². The molecule has 0 radical (unpaired) electrons. The van der Waals surface area contributed by atoms with Crippen molar-refractivity contribution < 1.29 is 14.6 Å². The maximum Gasteiger partial charge on any atom is 0.308 e. The molecule has 1 aliphatic carbocycles. The van der Waals surface area contributed by atoms with Crippen molar-refractivity contribution in [3.05, 3.63) is 0 Å². The standard InChI is InChI=1S/C16H31NO3/c1-5-17(11-13(3)4)12-16(19)9-7-14(8-10-16)15(18)20-6-2/h13-14,19H,5-12H2,1-4H3. The van der Waals surface area contributed by atoms with Crippen LogP contribution in [-0.2, 0) is 9.53 Å². The molecule has 4 nitrogen and oxygen atoms in total. The second-order valence-electron chi connectivity index (χ2n) is 6.47. The smallest absolute Gasteiger partial charge is 0.308 e. The summed E-state index contributed by atoms with van der Waals surface area (Å²) in [7, 11) is 0. The molecule has 1 rings (SSSR count). The lowest BCUT2D eigenvalue weighted by Gasteiger charge is -2.39. The van der Waals surface area contributed by atoms with Crippen LogP contribution in [0.15, 0.2) is 0 Å². The molecular formula is C16H31NO3. The van der Waals surface area contributed by atoms with E-state index in [1.165, 1.54) is 0 Å². The maximum atomic E-state index is 11.7. The molecule has 0 heterocycles. The first-order valence-corrected chi connectivity index (χ1v) is 8.01. The van der Waals surface area contributed by atoms with Crippen molar-refractivity contribution in [3.8, 4) is 0 Å². The van der Waals surface area contributed by atoms with Crippen molar-refractivity contribution in [2.24, 2.45) is 11.8 Å². The van der Waals surface area contributed by atoms with Gasteiger partial charge >= 0.3 is 5.97 Å². The van der Waals surface area contributed by atoms with Gasteiger partial charge in [0.15, 0.2) is 0 Å². The lowest BCUT2D eigenvalue weighted by Crippen LogP contribution is -2.47. The highest BCUT2D eigenvalue weighted by atomic mass is 16.5. The van der Waals surface area contributed by atoms with Crippen LogP contribution in [0.25, 0.3) is 0 Å². The van der Waals surface area contributed by atoms with Crippen molar-refractivity contribution in [1.29, 1.82) is 0 Å². The maximum absolute atomic E-state index is 11.7. The van der Waals surface area contributed by atoms with Gasteiger partial charge < -0.3 is 14.7 Å². The van der Waals surface area contributed by atoms with E-state index >= 15 is 0 Å². The number of carbonyl (C=O) groups excluding carboxylic acids is 1. The van der Waals surface area contributed by atoms with Crippen molar-refractivity contribution in [2.75, 3.05) is 26.2 Å². The molecule has 118 valence electrons. The summed E-state index contributed by atoms with van der Waals surface area (Å²) in [4.78, 5) is 14.0. The SMILES string of the molecule is CCOC(=O)C1CCC(O)(CN(CC)CC(C)C)CC1. The van der Waals surface area contributed by atoms with E-state index in [2.05, 4.69) is 25.7 Å². The van der Waals surface area contributed by atoms with Crippen LogP contribution >= 0.6 is 0 Å². The molecule has 0 aromatic heterocycles. The first-order valence-electron chi connectivity index (χ1n) is 8.01. The van der Waals surface area contributed by atoms with Crippen molar-refractivity contribution in [1.82, 2.24) is 4.90 Å². The molecule has 0 spiro atoms. The summed E-state index contributed by atoms with van der Waals surface area (Å²) < 4.78 is 5.07. The Labute approximate surface area is 123 Å². The van der Waals surface area contributed by atoms with E-state index in [0.29, 0.717) is 25.4 Å². The van der Waals surface area contributed by atoms with E-state index in [1.54, 1.807) is 0 Å². The topological polar surface area (TPSA) is 49.8 Å². The highest BCUT2D eigenvalue weighted by molar-refractivity contribution is 5.72. The summed E-state index contributed by atoms with van der Waals surface area (Å²) >= 11 is 0. The zero-order valence-electron chi connectivity index (χ0n) is 13.5. The van der Waals surface area contributed by atoms with Crippen LogP contribution in [0, 0.1) is 11.8 Å². The van der Waals surface area contributed by atoms with Crippen LogP contribution in [0.1, 0.15) is 53.4 Å². The molecule has 0 unspecified atom stereocenters. The normalized spacial score (nSPS) is 27.1. The largest absolute Gasteiger partial charge is 0.466 e. The van der Waals surface area contributed by atoms with Gasteiger partial charge in [0, 0.05) is 13.1 Å². The second-order valence-corrected chi connectivity index (χ2v) is 6.47. The van der Waals surface area contributed by atoms with Crippen LogP contribution in [-0.4, -0.2) is 47.8 Å². The second kappa shape index (κ2) is 7.99. The molecule has 0 bridgehead atoms. The van der Waals surface area contributed by atoms with E-state index in [1.807, 2.05) is 6.92 Å². The van der Waals surface area contributed by atoms with Gasteiger partial charge in [-0.05, 0) is 45.1 Å². The number of likely N-dealkylation sites (N-methyl/N-ethyl adjacent to an activating group) is 1. The number of hydrogen-bond acceptors (Lipinski definition) is 4. The third-order valence-electron chi connectivity index (χ3n) is 4.12. The average Bonchev–Trinajstić information content (AvgIpc) is 2.38. The number of ether oxygens (including phenoxy) is 1. The number of aliphatic hydroxyl groups is 1. The Bertz CT molecular complexity index is 296. The van der Waals surface area contributed by atoms with Crippen LogP contribution in [0.2, 0.25) is 0 Å². The van der Waals surface area contributed by atoms with Crippen LogP contribution < -0.4 is 0 Å². The van der Waals surface area contributed by atoms with Crippen LogP contribution in [0.3, 0.4) is 0 Å². The number of hydrogen-bond donors (Lipinski definition) is 1. The molecule has 1 aliphatic rings. The lowest BCUT2D eigenvalue weighted by molar-refractivity contribution is -0.151. The van der Waals surface area contributed by atoms with Gasteiger partial charge in [0.1, 0.15) is 0 Å². The van der Waals surface area contributed by atoms with E-state index in [9.17, 15) is 9.90 Å². The highest BCUT2D eigenvalue weighted by Gasteiger charge is 2.37. The van der Waals surface area contributed by atoms with Gasteiger partial charge in [-0.1, -0.05) is 20.8 Å². The minimum Gasteiger partial charge on any atom is -0.466 e. The Morgan fingerprint density at radius 1 is 1.35 bits per heavy atom. The Hall–Kier alpha value is -0.610. The van der Waals surface area contributed by atoms with Gasteiger partial charge in [-0.25, -0.2) is 0 Å². The number of nitrogens with zero attached hydrogens (tertiary/aromatic N) is 1. The fourth-order valence-electron chi connectivity index (χ4n) is 3.05. The van der Waals surface area contributed by atoms with Gasteiger partial charge in [-0.2, -0.15) is 0 Å². The zero-order chi connectivity index (χ0) is 15.2. The van der Waals surface area contributed by atoms with E-state index in [0.717, 1.165) is 32.5 Å². The third kappa shape index (κ3) is 5.41. The van der Waals surface area contributed by atoms with Crippen LogP contribution in [0.4, 0.5) is 0 Å². The molecule has 0 amide bonds. The molecule has 20 heavy (non-hydrogen) atoms. The van der Waals surface area contributed by atoms with Crippen molar-refractivity contribution in [2.45, 2.75) is 59.0 Å².